The van der Waals surface area contributed by atoms with Crippen molar-refractivity contribution >= 4 is 17.5 Å². The molecular formula is C25H25ClFN3O2. The van der Waals surface area contributed by atoms with E-state index >= 15 is 0 Å². The molecule has 2 aromatic heterocycles. The van der Waals surface area contributed by atoms with Crippen molar-refractivity contribution in [3.8, 4) is 11.1 Å². The Morgan fingerprint density at radius 1 is 1.06 bits per heavy atom. The van der Waals surface area contributed by atoms with Crippen LogP contribution in [0.3, 0.4) is 0 Å². The van der Waals surface area contributed by atoms with Gasteiger partial charge in [0.15, 0.2) is 0 Å². The molecule has 0 spiro atoms. The van der Waals surface area contributed by atoms with E-state index in [0.717, 1.165) is 41.8 Å². The predicted molar refractivity (Wildman–Crippen MR) is 122 cm³/mol. The average molecular weight is 454 g/mol. The van der Waals surface area contributed by atoms with Gasteiger partial charge in [-0.2, -0.15) is 0 Å². The van der Waals surface area contributed by atoms with Crippen LogP contribution < -0.4 is 5.32 Å². The van der Waals surface area contributed by atoms with Gasteiger partial charge in [-0.3, -0.25) is 14.8 Å². The molecule has 32 heavy (non-hydrogen) atoms. The number of aliphatic hydroxyl groups excluding tert-OH is 1. The Hall–Kier alpha value is -2.83. The minimum absolute atomic E-state index is 0.237. The lowest BCUT2D eigenvalue weighted by atomic mass is 9.92. The zero-order valence-electron chi connectivity index (χ0n) is 17.6. The quantitative estimate of drug-likeness (QED) is 0.564. The molecular weight excluding hydrogens is 429 g/mol. The maximum atomic E-state index is 13.1. The SMILES string of the molecule is O=C(N[C@@H]1CCCC[C@H]1O)c1cnc(CCc2ccc(F)cn2)c(-c2ccc(Cl)cc2)c1. The molecule has 1 fully saturated rings. The third kappa shape index (κ3) is 5.50. The van der Waals surface area contributed by atoms with E-state index in [9.17, 15) is 14.3 Å². The summed E-state index contributed by atoms with van der Waals surface area (Å²) in [5.74, 6) is -0.613. The number of aryl methyl sites for hydroxylation is 2. The molecule has 0 saturated heterocycles. The molecule has 1 amide bonds. The van der Waals surface area contributed by atoms with Crippen molar-refractivity contribution in [1.82, 2.24) is 15.3 Å². The van der Waals surface area contributed by atoms with Crippen molar-refractivity contribution in [3.63, 3.8) is 0 Å². The van der Waals surface area contributed by atoms with Crippen molar-refractivity contribution in [2.75, 3.05) is 0 Å². The smallest absolute Gasteiger partial charge is 0.253 e. The molecule has 7 heteroatoms. The first-order chi connectivity index (χ1) is 15.5. The van der Waals surface area contributed by atoms with Crippen LogP contribution in [0, 0.1) is 5.82 Å². The molecule has 5 nitrogen and oxygen atoms in total. The monoisotopic (exact) mass is 453 g/mol. The number of nitrogens with zero attached hydrogens (tertiary/aromatic N) is 2. The first-order valence-corrected chi connectivity index (χ1v) is 11.2. The van der Waals surface area contributed by atoms with Gasteiger partial charge in [-0.25, -0.2) is 4.39 Å². The van der Waals surface area contributed by atoms with Crippen LogP contribution in [0.25, 0.3) is 11.1 Å². The maximum absolute atomic E-state index is 13.1. The van der Waals surface area contributed by atoms with Crippen LogP contribution in [0.1, 0.15) is 47.4 Å². The Morgan fingerprint density at radius 3 is 2.56 bits per heavy atom. The van der Waals surface area contributed by atoms with Gasteiger partial charge in [-0.05, 0) is 61.6 Å². The number of aromatic nitrogens is 2. The number of benzene rings is 1. The number of hydrogen-bond acceptors (Lipinski definition) is 4. The van der Waals surface area contributed by atoms with E-state index in [1.54, 1.807) is 24.4 Å². The van der Waals surface area contributed by atoms with Gasteiger partial charge in [0.1, 0.15) is 5.82 Å². The summed E-state index contributed by atoms with van der Waals surface area (Å²) < 4.78 is 13.1. The summed E-state index contributed by atoms with van der Waals surface area (Å²) in [6.07, 6.45) is 6.88. The second-order valence-corrected chi connectivity index (χ2v) is 8.56. The lowest BCUT2D eigenvalue weighted by Crippen LogP contribution is -2.45. The van der Waals surface area contributed by atoms with Gasteiger partial charge in [0.25, 0.3) is 5.91 Å². The van der Waals surface area contributed by atoms with Gasteiger partial charge in [-0.15, -0.1) is 0 Å². The van der Waals surface area contributed by atoms with Gasteiger partial charge in [-0.1, -0.05) is 36.6 Å². The third-order valence-corrected chi connectivity index (χ3v) is 6.09. The number of carbonyl (C=O) groups is 1. The zero-order chi connectivity index (χ0) is 22.5. The highest BCUT2D eigenvalue weighted by atomic mass is 35.5. The van der Waals surface area contributed by atoms with Gasteiger partial charge in [0.2, 0.25) is 0 Å². The molecule has 3 aromatic rings. The first kappa shape index (κ1) is 22.4. The molecule has 1 aliphatic rings. The second kappa shape index (κ2) is 10.2. The highest BCUT2D eigenvalue weighted by molar-refractivity contribution is 6.30. The van der Waals surface area contributed by atoms with E-state index < -0.39 is 6.10 Å². The fourth-order valence-corrected chi connectivity index (χ4v) is 4.15. The van der Waals surface area contributed by atoms with Crippen LogP contribution in [-0.2, 0) is 12.8 Å². The molecule has 166 valence electrons. The van der Waals surface area contributed by atoms with E-state index in [0.29, 0.717) is 29.8 Å². The second-order valence-electron chi connectivity index (χ2n) is 8.12. The van der Waals surface area contributed by atoms with Crippen LogP contribution in [0.5, 0.6) is 0 Å². The molecule has 1 aromatic carbocycles. The fraction of sp³-hybridized carbons (Fsp3) is 0.320. The van der Waals surface area contributed by atoms with Gasteiger partial charge < -0.3 is 10.4 Å². The summed E-state index contributed by atoms with van der Waals surface area (Å²) in [5, 5.41) is 13.8. The van der Waals surface area contributed by atoms with Crippen LogP contribution in [0.2, 0.25) is 5.02 Å². The highest BCUT2D eigenvalue weighted by Gasteiger charge is 2.25. The number of halogens is 2. The van der Waals surface area contributed by atoms with E-state index in [4.69, 9.17) is 11.6 Å². The largest absolute Gasteiger partial charge is 0.391 e. The van der Waals surface area contributed by atoms with Crippen molar-refractivity contribution < 1.29 is 14.3 Å². The summed E-state index contributed by atoms with van der Waals surface area (Å²) in [6, 6.07) is 12.0. The molecule has 2 heterocycles. The molecule has 0 bridgehead atoms. The van der Waals surface area contributed by atoms with Crippen LogP contribution in [0.15, 0.2) is 54.9 Å². The lowest BCUT2D eigenvalue weighted by Gasteiger charge is -2.28. The van der Waals surface area contributed by atoms with E-state index in [2.05, 4.69) is 15.3 Å². The topological polar surface area (TPSA) is 75.1 Å². The van der Waals surface area contributed by atoms with E-state index in [-0.39, 0.29) is 17.8 Å². The average Bonchev–Trinajstić information content (AvgIpc) is 2.81. The van der Waals surface area contributed by atoms with Crippen molar-refractivity contribution in [2.45, 2.75) is 50.7 Å². The Kier molecular flexibility index (Phi) is 7.12. The summed E-state index contributed by atoms with van der Waals surface area (Å²) in [5.41, 5.74) is 3.75. The number of amides is 1. The minimum atomic E-state index is -0.515. The summed E-state index contributed by atoms with van der Waals surface area (Å²) >= 11 is 6.05. The third-order valence-electron chi connectivity index (χ3n) is 5.84. The van der Waals surface area contributed by atoms with E-state index in [1.165, 1.54) is 12.3 Å². The minimum Gasteiger partial charge on any atom is -0.391 e. The van der Waals surface area contributed by atoms with Gasteiger partial charge in [0, 0.05) is 28.2 Å². The van der Waals surface area contributed by atoms with Crippen molar-refractivity contribution in [1.29, 1.82) is 0 Å². The summed E-state index contributed by atoms with van der Waals surface area (Å²) in [4.78, 5) is 21.6. The molecule has 0 aliphatic heterocycles. The molecule has 1 aliphatic carbocycles. The highest BCUT2D eigenvalue weighted by Crippen LogP contribution is 2.27. The number of aliphatic hydroxyl groups is 1. The Morgan fingerprint density at radius 2 is 1.84 bits per heavy atom. The lowest BCUT2D eigenvalue weighted by molar-refractivity contribution is 0.0717. The summed E-state index contributed by atoms with van der Waals surface area (Å²) in [7, 11) is 0. The Balaban J connectivity index is 1.58. The van der Waals surface area contributed by atoms with Crippen LogP contribution >= 0.6 is 11.6 Å². The molecule has 0 radical (unpaired) electrons. The number of rotatable bonds is 6. The van der Waals surface area contributed by atoms with Crippen molar-refractivity contribution in [3.05, 3.63) is 82.6 Å². The summed E-state index contributed by atoms with van der Waals surface area (Å²) in [6.45, 7) is 0. The van der Waals surface area contributed by atoms with Crippen LogP contribution in [0.4, 0.5) is 4.39 Å². The number of nitrogens with one attached hydrogen (secondary N) is 1. The van der Waals surface area contributed by atoms with E-state index in [1.807, 2.05) is 18.2 Å². The standard InChI is InChI=1S/C25H25ClFN3O2/c26-18-7-5-16(6-8-18)21-13-17(25(32)30-23-3-1-2-4-24(23)31)14-29-22(21)12-11-20-10-9-19(27)15-28-20/h5-10,13-15,23-24,31H,1-4,11-12H2,(H,30,32)/t23-,24-/m1/s1. The van der Waals surface area contributed by atoms with Crippen LogP contribution in [-0.4, -0.2) is 33.1 Å². The maximum Gasteiger partial charge on any atom is 0.253 e. The molecule has 4 rings (SSSR count). The molecule has 2 N–H and O–H groups in total. The molecule has 2 atom stereocenters. The Labute approximate surface area is 191 Å². The first-order valence-electron chi connectivity index (χ1n) is 10.8. The zero-order valence-corrected chi connectivity index (χ0v) is 18.4. The Bertz CT molecular complexity index is 1070. The van der Waals surface area contributed by atoms with Gasteiger partial charge in [0.05, 0.1) is 23.9 Å². The van der Waals surface area contributed by atoms with Gasteiger partial charge >= 0.3 is 0 Å². The number of pyridine rings is 2. The predicted octanol–water partition coefficient (Wildman–Crippen LogP) is 4.75. The normalized spacial score (nSPS) is 18.3. The number of hydrogen-bond donors (Lipinski definition) is 2. The van der Waals surface area contributed by atoms with Crippen molar-refractivity contribution in [2.24, 2.45) is 0 Å². The number of carbonyl (C=O) groups excluding carboxylic acids is 1. The molecule has 1 saturated carbocycles. The fourth-order valence-electron chi connectivity index (χ4n) is 4.03. The molecule has 0 unspecified atom stereocenters.